The molecule has 0 unspecified atom stereocenters. The van der Waals surface area contributed by atoms with Crippen molar-refractivity contribution >= 4 is 16.9 Å². The zero-order chi connectivity index (χ0) is 17.1. The molecule has 0 spiro atoms. The maximum Gasteiger partial charge on any atom is 0.325 e. The molecule has 0 aliphatic carbocycles. The molecular weight excluding hydrogens is 304 g/mol. The number of para-hydroxylation sites is 1. The van der Waals surface area contributed by atoms with E-state index in [0.29, 0.717) is 5.88 Å². The molecule has 0 fully saturated rings. The lowest BCUT2D eigenvalue weighted by Crippen LogP contribution is -2.12. The van der Waals surface area contributed by atoms with Gasteiger partial charge in [-0.2, -0.15) is 0 Å². The third-order valence-corrected chi connectivity index (χ3v) is 4.26. The van der Waals surface area contributed by atoms with Crippen molar-refractivity contribution in [1.29, 1.82) is 0 Å². The monoisotopic (exact) mass is 324 g/mol. The van der Waals surface area contributed by atoms with Crippen LogP contribution in [0.1, 0.15) is 16.8 Å². The van der Waals surface area contributed by atoms with Gasteiger partial charge in [-0.3, -0.25) is 4.79 Å². The number of fused-ring (bicyclic) bond motifs is 1. The molecule has 0 N–H and O–H groups in total. The second kappa shape index (κ2) is 6.74. The average molecular weight is 324 g/mol. The highest BCUT2D eigenvalue weighted by Gasteiger charge is 2.16. The number of carbonyl (C=O) groups is 1. The minimum absolute atomic E-state index is 0.212. The zero-order valence-electron chi connectivity index (χ0n) is 14.1. The third kappa shape index (κ3) is 2.97. The number of pyridine rings is 1. The first kappa shape index (κ1) is 16.1. The molecular formula is C19H20N2O3. The lowest BCUT2D eigenvalue weighted by atomic mass is 10.0. The first-order valence-corrected chi connectivity index (χ1v) is 7.76. The van der Waals surface area contributed by atoms with E-state index in [1.165, 1.54) is 12.7 Å². The fourth-order valence-electron chi connectivity index (χ4n) is 2.96. The Hall–Kier alpha value is -2.82. The Labute approximate surface area is 140 Å². The normalized spacial score (nSPS) is 10.8. The Kier molecular flexibility index (Phi) is 4.51. The van der Waals surface area contributed by atoms with Gasteiger partial charge in [0.25, 0.3) is 0 Å². The van der Waals surface area contributed by atoms with Gasteiger partial charge in [-0.05, 0) is 24.1 Å². The standard InChI is InChI=1S/C19H20N2O3/c1-13-16(10-14-8-9-18(23-2)20-11-14)15-6-4-5-7-17(15)21(13)12-19(22)24-3/h4-9,11H,10,12H2,1-3H3. The summed E-state index contributed by atoms with van der Waals surface area (Å²) in [6.45, 7) is 2.25. The highest BCUT2D eigenvalue weighted by Crippen LogP contribution is 2.28. The summed E-state index contributed by atoms with van der Waals surface area (Å²) < 4.78 is 11.9. The largest absolute Gasteiger partial charge is 0.481 e. The van der Waals surface area contributed by atoms with Crippen LogP contribution in [-0.2, 0) is 22.5 Å². The van der Waals surface area contributed by atoms with Crippen LogP contribution in [0, 0.1) is 6.92 Å². The minimum atomic E-state index is -0.253. The van der Waals surface area contributed by atoms with Crippen molar-refractivity contribution in [2.75, 3.05) is 14.2 Å². The van der Waals surface area contributed by atoms with Crippen LogP contribution in [0.15, 0.2) is 42.6 Å². The summed E-state index contributed by atoms with van der Waals surface area (Å²) in [5.41, 5.74) is 4.40. The maximum atomic E-state index is 11.7. The predicted molar refractivity (Wildman–Crippen MR) is 92.3 cm³/mol. The highest BCUT2D eigenvalue weighted by molar-refractivity contribution is 5.87. The molecule has 0 radical (unpaired) electrons. The van der Waals surface area contributed by atoms with Crippen LogP contribution in [0.25, 0.3) is 10.9 Å². The van der Waals surface area contributed by atoms with Gasteiger partial charge in [-0.15, -0.1) is 0 Å². The second-order valence-corrected chi connectivity index (χ2v) is 5.63. The number of methoxy groups -OCH3 is 2. The maximum absolute atomic E-state index is 11.7. The number of hydrogen-bond donors (Lipinski definition) is 0. The first-order valence-electron chi connectivity index (χ1n) is 7.76. The molecule has 0 saturated carbocycles. The molecule has 1 aromatic carbocycles. The summed E-state index contributed by atoms with van der Waals surface area (Å²) in [5.74, 6) is 0.347. The number of esters is 1. The van der Waals surface area contributed by atoms with Crippen molar-refractivity contribution in [3.05, 3.63) is 59.4 Å². The molecule has 3 aromatic rings. The second-order valence-electron chi connectivity index (χ2n) is 5.63. The van der Waals surface area contributed by atoms with Crippen molar-refractivity contribution in [3.8, 4) is 5.88 Å². The molecule has 0 amide bonds. The number of benzene rings is 1. The van der Waals surface area contributed by atoms with E-state index < -0.39 is 0 Å². The third-order valence-electron chi connectivity index (χ3n) is 4.26. The van der Waals surface area contributed by atoms with E-state index in [-0.39, 0.29) is 12.5 Å². The minimum Gasteiger partial charge on any atom is -0.481 e. The van der Waals surface area contributed by atoms with Crippen molar-refractivity contribution in [2.24, 2.45) is 0 Å². The van der Waals surface area contributed by atoms with Crippen molar-refractivity contribution < 1.29 is 14.3 Å². The molecule has 2 aromatic heterocycles. The molecule has 0 atom stereocenters. The quantitative estimate of drug-likeness (QED) is 0.677. The van der Waals surface area contributed by atoms with Crippen LogP contribution < -0.4 is 4.74 Å². The number of carbonyl (C=O) groups excluding carboxylic acids is 1. The molecule has 124 valence electrons. The van der Waals surface area contributed by atoms with Gasteiger partial charge < -0.3 is 14.0 Å². The summed E-state index contributed by atoms with van der Waals surface area (Å²) >= 11 is 0. The SMILES string of the molecule is COC(=O)Cn1c(C)c(Cc2ccc(OC)nc2)c2ccccc21. The van der Waals surface area contributed by atoms with Gasteiger partial charge in [0.05, 0.1) is 14.2 Å². The molecule has 5 nitrogen and oxygen atoms in total. The first-order chi connectivity index (χ1) is 11.6. The van der Waals surface area contributed by atoms with E-state index in [9.17, 15) is 4.79 Å². The Morgan fingerprint density at radius 3 is 2.62 bits per heavy atom. The van der Waals surface area contributed by atoms with Crippen molar-refractivity contribution in [2.45, 2.75) is 19.9 Å². The van der Waals surface area contributed by atoms with Gasteiger partial charge in [0, 0.05) is 35.3 Å². The summed E-state index contributed by atoms with van der Waals surface area (Å²) in [6, 6.07) is 12.0. The molecule has 0 bridgehead atoms. The Bertz CT molecular complexity index is 866. The van der Waals surface area contributed by atoms with Crippen molar-refractivity contribution in [3.63, 3.8) is 0 Å². The van der Waals surface area contributed by atoms with Crippen LogP contribution in [0.3, 0.4) is 0 Å². The molecule has 3 rings (SSSR count). The van der Waals surface area contributed by atoms with E-state index in [4.69, 9.17) is 9.47 Å². The summed E-state index contributed by atoms with van der Waals surface area (Å²) in [6.07, 6.45) is 2.57. The van der Waals surface area contributed by atoms with E-state index in [0.717, 1.165) is 28.6 Å². The summed E-state index contributed by atoms with van der Waals surface area (Å²) in [7, 11) is 3.01. The van der Waals surface area contributed by atoms with Gasteiger partial charge in [0.15, 0.2) is 0 Å². The Morgan fingerprint density at radius 1 is 1.17 bits per heavy atom. The van der Waals surface area contributed by atoms with Crippen LogP contribution >= 0.6 is 0 Å². The average Bonchev–Trinajstić information content (AvgIpc) is 2.88. The summed E-state index contributed by atoms with van der Waals surface area (Å²) in [5, 5.41) is 1.15. The number of aromatic nitrogens is 2. The number of nitrogens with zero attached hydrogens (tertiary/aromatic N) is 2. The van der Waals surface area contributed by atoms with Gasteiger partial charge in [0.1, 0.15) is 6.54 Å². The Morgan fingerprint density at radius 2 is 1.96 bits per heavy atom. The molecule has 5 heteroatoms. The predicted octanol–water partition coefficient (Wildman–Crippen LogP) is 3.12. The lowest BCUT2D eigenvalue weighted by Gasteiger charge is -2.07. The lowest BCUT2D eigenvalue weighted by molar-refractivity contribution is -0.141. The fourth-order valence-corrected chi connectivity index (χ4v) is 2.96. The van der Waals surface area contributed by atoms with E-state index in [1.807, 2.05) is 48.0 Å². The van der Waals surface area contributed by atoms with Crippen LogP contribution in [-0.4, -0.2) is 29.7 Å². The Balaban J connectivity index is 2.03. The molecule has 0 aliphatic rings. The van der Waals surface area contributed by atoms with Crippen LogP contribution in [0.2, 0.25) is 0 Å². The number of hydrogen-bond acceptors (Lipinski definition) is 4. The zero-order valence-corrected chi connectivity index (χ0v) is 14.1. The van der Waals surface area contributed by atoms with Gasteiger partial charge in [-0.1, -0.05) is 24.3 Å². The number of rotatable bonds is 5. The van der Waals surface area contributed by atoms with Crippen LogP contribution in [0.4, 0.5) is 0 Å². The fraction of sp³-hybridized carbons (Fsp3) is 0.263. The van der Waals surface area contributed by atoms with Crippen LogP contribution in [0.5, 0.6) is 5.88 Å². The van der Waals surface area contributed by atoms with Crippen molar-refractivity contribution in [1.82, 2.24) is 9.55 Å². The molecule has 0 aliphatic heterocycles. The highest BCUT2D eigenvalue weighted by atomic mass is 16.5. The molecule has 2 heterocycles. The van der Waals surface area contributed by atoms with E-state index >= 15 is 0 Å². The summed E-state index contributed by atoms with van der Waals surface area (Å²) in [4.78, 5) is 16.0. The smallest absolute Gasteiger partial charge is 0.325 e. The molecule has 24 heavy (non-hydrogen) atoms. The topological polar surface area (TPSA) is 53.4 Å². The van der Waals surface area contributed by atoms with Gasteiger partial charge in [-0.25, -0.2) is 4.98 Å². The number of ether oxygens (including phenoxy) is 2. The van der Waals surface area contributed by atoms with Gasteiger partial charge >= 0.3 is 5.97 Å². The van der Waals surface area contributed by atoms with Gasteiger partial charge in [0.2, 0.25) is 5.88 Å². The van der Waals surface area contributed by atoms with E-state index in [1.54, 1.807) is 7.11 Å². The molecule has 0 saturated heterocycles. The van der Waals surface area contributed by atoms with E-state index in [2.05, 4.69) is 11.1 Å².